The fourth-order valence-corrected chi connectivity index (χ4v) is 2.81. The van der Waals surface area contributed by atoms with Crippen molar-refractivity contribution >= 4 is 11.2 Å². The van der Waals surface area contributed by atoms with E-state index in [9.17, 15) is 41.7 Å². The highest BCUT2D eigenvalue weighted by atomic mass is 19.4. The summed E-state index contributed by atoms with van der Waals surface area (Å²) in [6.07, 6.45) is -17.4. The van der Waals surface area contributed by atoms with Crippen molar-refractivity contribution in [2.24, 2.45) is 0 Å². The SMILES string of the molecule is C[C@@H]1O[C@@H](n2cnc3c(C(F)(F)F)cc(C(F)(F)F)nc32)[C@H](O)[C@H](O)[C@H]1O. The van der Waals surface area contributed by atoms with Crippen LogP contribution in [0.1, 0.15) is 24.4 Å². The van der Waals surface area contributed by atoms with Crippen molar-refractivity contribution in [3.8, 4) is 0 Å². The van der Waals surface area contributed by atoms with Gasteiger partial charge in [0, 0.05) is 0 Å². The first-order valence-corrected chi connectivity index (χ1v) is 7.54. The van der Waals surface area contributed by atoms with Crippen LogP contribution in [0.5, 0.6) is 0 Å². The van der Waals surface area contributed by atoms with Crippen molar-refractivity contribution in [1.82, 2.24) is 14.5 Å². The van der Waals surface area contributed by atoms with Crippen LogP contribution in [0.3, 0.4) is 0 Å². The summed E-state index contributed by atoms with van der Waals surface area (Å²) in [7, 11) is 0. The van der Waals surface area contributed by atoms with Crippen molar-refractivity contribution < 1.29 is 46.4 Å². The number of aliphatic hydroxyl groups is 3. The molecule has 150 valence electrons. The zero-order valence-corrected chi connectivity index (χ0v) is 13.4. The van der Waals surface area contributed by atoms with Crippen molar-refractivity contribution in [2.45, 2.75) is 49.9 Å². The minimum Gasteiger partial charge on any atom is -0.388 e. The molecule has 1 aliphatic heterocycles. The van der Waals surface area contributed by atoms with E-state index in [1.54, 1.807) is 0 Å². The standard InChI is InChI=1S/C14H13F6N3O4/c1-4-8(24)9(25)10(26)12(27-4)23-3-21-7-5(13(15,16)17)2-6(14(18,19)20)22-11(7)23/h2-4,8-10,12,24-26H,1H3/t4-,8-,9+,10+,12+/m0/s1. The molecule has 1 fully saturated rings. The maximum atomic E-state index is 13.2. The first-order valence-electron chi connectivity index (χ1n) is 7.54. The van der Waals surface area contributed by atoms with E-state index in [1.807, 2.05) is 0 Å². The normalized spacial score (nSPS) is 30.1. The summed E-state index contributed by atoms with van der Waals surface area (Å²) in [4.78, 5) is 6.66. The molecule has 3 rings (SSSR count). The molecular formula is C14H13F6N3O4. The van der Waals surface area contributed by atoms with Gasteiger partial charge in [-0.1, -0.05) is 0 Å². The average Bonchev–Trinajstić information content (AvgIpc) is 2.97. The summed E-state index contributed by atoms with van der Waals surface area (Å²) in [5.74, 6) is 0. The lowest BCUT2D eigenvalue weighted by Crippen LogP contribution is -2.54. The van der Waals surface area contributed by atoms with Gasteiger partial charge < -0.3 is 20.1 Å². The van der Waals surface area contributed by atoms with E-state index in [0.29, 0.717) is 4.57 Å². The number of aliphatic hydroxyl groups excluding tert-OH is 3. The molecule has 1 aliphatic rings. The summed E-state index contributed by atoms with van der Waals surface area (Å²) in [5.41, 5.74) is -5.17. The Hall–Kier alpha value is -1.96. The molecule has 13 heteroatoms. The van der Waals surface area contributed by atoms with E-state index in [4.69, 9.17) is 4.74 Å². The Balaban J connectivity index is 2.21. The summed E-state index contributed by atoms with van der Waals surface area (Å²) in [5, 5.41) is 29.6. The number of hydrogen-bond donors (Lipinski definition) is 3. The monoisotopic (exact) mass is 401 g/mol. The summed E-state index contributed by atoms with van der Waals surface area (Å²) in [6.45, 7) is 1.31. The number of alkyl halides is 6. The number of hydrogen-bond acceptors (Lipinski definition) is 6. The van der Waals surface area contributed by atoms with Crippen LogP contribution in [0.2, 0.25) is 0 Å². The zero-order valence-electron chi connectivity index (χ0n) is 13.4. The summed E-state index contributed by atoms with van der Waals surface area (Å²) >= 11 is 0. The van der Waals surface area contributed by atoms with Crippen LogP contribution in [-0.4, -0.2) is 54.3 Å². The lowest BCUT2D eigenvalue weighted by molar-refractivity contribution is -0.239. The highest BCUT2D eigenvalue weighted by Crippen LogP contribution is 2.39. The molecule has 7 nitrogen and oxygen atoms in total. The Morgan fingerprint density at radius 1 is 1.00 bits per heavy atom. The summed E-state index contributed by atoms with van der Waals surface area (Å²) in [6, 6.07) is -0.154. The fourth-order valence-electron chi connectivity index (χ4n) is 2.81. The molecular weight excluding hydrogens is 388 g/mol. The van der Waals surface area contributed by atoms with Gasteiger partial charge in [0.05, 0.1) is 18.0 Å². The van der Waals surface area contributed by atoms with Crippen LogP contribution >= 0.6 is 0 Å². The Labute approximate surface area is 146 Å². The minimum atomic E-state index is -5.17. The molecule has 1 saturated heterocycles. The van der Waals surface area contributed by atoms with Gasteiger partial charge in [-0.05, 0) is 13.0 Å². The molecule has 2 aromatic rings. The Morgan fingerprint density at radius 2 is 1.63 bits per heavy atom. The van der Waals surface area contributed by atoms with Gasteiger partial charge in [0.25, 0.3) is 0 Å². The van der Waals surface area contributed by atoms with Gasteiger partial charge in [-0.25, -0.2) is 9.97 Å². The first-order chi connectivity index (χ1) is 12.3. The minimum absolute atomic E-state index is 0.154. The number of halogens is 6. The van der Waals surface area contributed by atoms with E-state index in [2.05, 4.69) is 9.97 Å². The van der Waals surface area contributed by atoms with Crippen molar-refractivity contribution in [1.29, 1.82) is 0 Å². The molecule has 27 heavy (non-hydrogen) atoms. The molecule has 0 radical (unpaired) electrons. The highest BCUT2D eigenvalue weighted by Gasteiger charge is 2.45. The van der Waals surface area contributed by atoms with Gasteiger partial charge in [0.2, 0.25) is 0 Å². The van der Waals surface area contributed by atoms with Gasteiger partial charge in [-0.3, -0.25) is 4.57 Å². The maximum Gasteiger partial charge on any atom is 0.433 e. The molecule has 0 saturated carbocycles. The molecule has 3 N–H and O–H groups in total. The van der Waals surface area contributed by atoms with E-state index < -0.39 is 65.4 Å². The van der Waals surface area contributed by atoms with E-state index in [1.165, 1.54) is 6.92 Å². The average molecular weight is 401 g/mol. The molecule has 2 aromatic heterocycles. The second-order valence-electron chi connectivity index (χ2n) is 6.08. The molecule has 5 atom stereocenters. The van der Waals surface area contributed by atoms with Crippen LogP contribution in [0.15, 0.2) is 12.4 Å². The predicted molar refractivity (Wildman–Crippen MR) is 75.1 cm³/mol. The van der Waals surface area contributed by atoms with Crippen LogP contribution in [-0.2, 0) is 17.1 Å². The van der Waals surface area contributed by atoms with Gasteiger partial charge in [-0.15, -0.1) is 0 Å². The predicted octanol–water partition coefficient (Wildman–Crippen LogP) is 1.47. The molecule has 0 bridgehead atoms. The van der Waals surface area contributed by atoms with Crippen molar-refractivity contribution in [2.75, 3.05) is 0 Å². The number of pyridine rings is 1. The van der Waals surface area contributed by atoms with Crippen molar-refractivity contribution in [3.05, 3.63) is 23.7 Å². The Bertz CT molecular complexity index is 852. The Kier molecular flexibility index (Phi) is 4.61. The van der Waals surface area contributed by atoms with Crippen LogP contribution in [0, 0.1) is 0 Å². The van der Waals surface area contributed by atoms with Gasteiger partial charge >= 0.3 is 12.4 Å². The third-order valence-electron chi connectivity index (χ3n) is 4.23. The first kappa shape index (κ1) is 19.8. The largest absolute Gasteiger partial charge is 0.433 e. The van der Waals surface area contributed by atoms with E-state index in [-0.39, 0.29) is 6.07 Å². The topological polar surface area (TPSA) is 101 Å². The molecule has 0 aliphatic carbocycles. The number of aromatic nitrogens is 3. The van der Waals surface area contributed by atoms with Gasteiger partial charge in [-0.2, -0.15) is 26.3 Å². The molecule has 3 heterocycles. The third-order valence-corrected chi connectivity index (χ3v) is 4.23. The second-order valence-corrected chi connectivity index (χ2v) is 6.08. The number of ether oxygens (including phenoxy) is 1. The zero-order chi connectivity index (χ0) is 20.3. The lowest BCUT2D eigenvalue weighted by Gasteiger charge is -2.39. The second kappa shape index (κ2) is 6.29. The molecule has 0 spiro atoms. The summed E-state index contributed by atoms with van der Waals surface area (Å²) < 4.78 is 84.5. The van der Waals surface area contributed by atoms with Crippen molar-refractivity contribution in [3.63, 3.8) is 0 Å². The quantitative estimate of drug-likeness (QED) is 0.626. The number of rotatable bonds is 1. The van der Waals surface area contributed by atoms with E-state index >= 15 is 0 Å². The third kappa shape index (κ3) is 3.35. The van der Waals surface area contributed by atoms with E-state index in [0.717, 1.165) is 6.33 Å². The maximum absolute atomic E-state index is 13.2. The lowest BCUT2D eigenvalue weighted by atomic mass is 9.99. The van der Waals surface area contributed by atoms with Gasteiger partial charge in [0.15, 0.2) is 11.9 Å². The highest BCUT2D eigenvalue weighted by molar-refractivity contribution is 5.76. The number of imidazole rings is 1. The molecule has 0 amide bonds. The fraction of sp³-hybridized carbons (Fsp3) is 0.571. The smallest absolute Gasteiger partial charge is 0.388 e. The number of fused-ring (bicyclic) bond motifs is 1. The number of nitrogens with zero attached hydrogens (tertiary/aromatic N) is 3. The molecule has 0 aromatic carbocycles. The molecule has 0 unspecified atom stereocenters. The van der Waals surface area contributed by atoms with Crippen LogP contribution in [0.25, 0.3) is 11.2 Å². The Morgan fingerprint density at radius 3 is 2.19 bits per heavy atom. The van der Waals surface area contributed by atoms with Crippen LogP contribution in [0.4, 0.5) is 26.3 Å². The van der Waals surface area contributed by atoms with Gasteiger partial charge in [0.1, 0.15) is 29.5 Å². The van der Waals surface area contributed by atoms with Crippen LogP contribution < -0.4 is 0 Å².